The Kier molecular flexibility index (Phi) is 5.20. The second kappa shape index (κ2) is 6.19. The number of nitriles is 1. The molecule has 92 valence electrons. The molecule has 0 aromatic rings. The normalized spacial score (nSPS) is 29.9. The smallest absolute Gasteiger partial charge is 0.108 e. The molecule has 1 saturated heterocycles. The molecule has 4 heteroatoms. The topological polar surface area (TPSA) is 42.3 Å². The third-order valence-electron chi connectivity index (χ3n) is 3.48. The number of rotatable bonds is 4. The van der Waals surface area contributed by atoms with Gasteiger partial charge in [-0.1, -0.05) is 6.92 Å². The molecule has 1 fully saturated rings. The quantitative estimate of drug-likeness (QED) is 0.755. The van der Waals surface area contributed by atoms with Crippen LogP contribution >= 0.6 is 0 Å². The first-order chi connectivity index (χ1) is 7.58. The standard InChI is InChI=1S/C12H24N4/c1-5-14-12(6-13)9-16-7-10(2)15(4)11(3)8-16/h10-12,14H,5,7-9H2,1-4H3. The van der Waals surface area contributed by atoms with Crippen molar-refractivity contribution < 1.29 is 0 Å². The second-order valence-corrected chi connectivity index (χ2v) is 4.82. The van der Waals surface area contributed by atoms with Crippen LogP contribution in [-0.2, 0) is 0 Å². The summed E-state index contributed by atoms with van der Waals surface area (Å²) in [5.74, 6) is 0. The number of piperazine rings is 1. The highest BCUT2D eigenvalue weighted by molar-refractivity contribution is 4.94. The van der Waals surface area contributed by atoms with Gasteiger partial charge >= 0.3 is 0 Å². The highest BCUT2D eigenvalue weighted by Crippen LogP contribution is 2.13. The van der Waals surface area contributed by atoms with Crippen LogP contribution in [0.2, 0.25) is 0 Å². The largest absolute Gasteiger partial charge is 0.301 e. The van der Waals surface area contributed by atoms with E-state index in [-0.39, 0.29) is 6.04 Å². The van der Waals surface area contributed by atoms with E-state index >= 15 is 0 Å². The Balaban J connectivity index is 2.46. The molecule has 0 aromatic carbocycles. The zero-order chi connectivity index (χ0) is 12.1. The Morgan fingerprint density at radius 2 is 1.94 bits per heavy atom. The zero-order valence-corrected chi connectivity index (χ0v) is 10.9. The lowest BCUT2D eigenvalue weighted by Crippen LogP contribution is -2.57. The SMILES string of the molecule is CCNC(C#N)CN1CC(C)N(C)C(C)C1. The van der Waals surface area contributed by atoms with E-state index in [2.05, 4.69) is 42.1 Å². The molecule has 4 nitrogen and oxygen atoms in total. The Bertz CT molecular complexity index is 236. The molecule has 0 spiro atoms. The molecular formula is C12H24N4. The third-order valence-corrected chi connectivity index (χ3v) is 3.48. The van der Waals surface area contributed by atoms with Crippen LogP contribution in [0.15, 0.2) is 0 Å². The molecule has 0 aliphatic carbocycles. The van der Waals surface area contributed by atoms with Crippen LogP contribution in [0.25, 0.3) is 0 Å². The van der Waals surface area contributed by atoms with Crippen LogP contribution in [0.3, 0.4) is 0 Å². The summed E-state index contributed by atoms with van der Waals surface area (Å²) in [4.78, 5) is 4.80. The van der Waals surface area contributed by atoms with Crippen molar-refractivity contribution in [3.05, 3.63) is 0 Å². The third kappa shape index (κ3) is 3.44. The summed E-state index contributed by atoms with van der Waals surface area (Å²) in [5.41, 5.74) is 0. The molecule has 1 aliphatic rings. The number of hydrogen-bond donors (Lipinski definition) is 1. The Labute approximate surface area is 99.2 Å². The van der Waals surface area contributed by atoms with Gasteiger partial charge < -0.3 is 5.32 Å². The van der Waals surface area contributed by atoms with Crippen molar-refractivity contribution in [2.24, 2.45) is 0 Å². The lowest BCUT2D eigenvalue weighted by Gasteiger charge is -2.43. The van der Waals surface area contributed by atoms with E-state index in [0.29, 0.717) is 12.1 Å². The first kappa shape index (κ1) is 13.4. The van der Waals surface area contributed by atoms with E-state index in [0.717, 1.165) is 26.2 Å². The average Bonchev–Trinajstić information content (AvgIpc) is 2.25. The van der Waals surface area contributed by atoms with E-state index in [1.54, 1.807) is 0 Å². The molecule has 0 saturated carbocycles. The van der Waals surface area contributed by atoms with Crippen molar-refractivity contribution in [1.29, 1.82) is 5.26 Å². The molecule has 3 unspecified atom stereocenters. The summed E-state index contributed by atoms with van der Waals surface area (Å²) in [6.45, 7) is 10.4. The van der Waals surface area contributed by atoms with Crippen molar-refractivity contribution in [1.82, 2.24) is 15.1 Å². The van der Waals surface area contributed by atoms with Gasteiger partial charge in [-0.25, -0.2) is 0 Å². The fourth-order valence-electron chi connectivity index (χ4n) is 2.32. The molecule has 1 rings (SSSR count). The van der Waals surface area contributed by atoms with E-state index in [1.165, 1.54) is 0 Å². The number of hydrogen-bond acceptors (Lipinski definition) is 4. The molecule has 1 aliphatic heterocycles. The zero-order valence-electron chi connectivity index (χ0n) is 10.9. The van der Waals surface area contributed by atoms with E-state index < -0.39 is 0 Å². The maximum Gasteiger partial charge on any atom is 0.108 e. The minimum absolute atomic E-state index is 0.0344. The van der Waals surface area contributed by atoms with Crippen LogP contribution in [-0.4, -0.2) is 61.2 Å². The van der Waals surface area contributed by atoms with E-state index in [4.69, 9.17) is 5.26 Å². The monoisotopic (exact) mass is 224 g/mol. The van der Waals surface area contributed by atoms with Crippen molar-refractivity contribution >= 4 is 0 Å². The van der Waals surface area contributed by atoms with Crippen molar-refractivity contribution in [3.63, 3.8) is 0 Å². The van der Waals surface area contributed by atoms with Crippen LogP contribution < -0.4 is 5.32 Å². The molecule has 0 radical (unpaired) electrons. The molecule has 3 atom stereocenters. The predicted octanol–water partition coefficient (Wildman–Crippen LogP) is 0.512. The molecule has 0 bridgehead atoms. The van der Waals surface area contributed by atoms with E-state index in [9.17, 15) is 0 Å². The van der Waals surface area contributed by atoms with Gasteiger partial charge in [-0.15, -0.1) is 0 Å². The minimum atomic E-state index is -0.0344. The van der Waals surface area contributed by atoms with Gasteiger partial charge in [-0.3, -0.25) is 9.80 Å². The maximum absolute atomic E-state index is 9.02. The van der Waals surface area contributed by atoms with Gasteiger partial charge in [0, 0.05) is 31.7 Å². The van der Waals surface area contributed by atoms with Crippen LogP contribution in [0.1, 0.15) is 20.8 Å². The van der Waals surface area contributed by atoms with Gasteiger partial charge in [0.15, 0.2) is 0 Å². The Morgan fingerprint density at radius 3 is 2.38 bits per heavy atom. The summed E-state index contributed by atoms with van der Waals surface area (Å²) < 4.78 is 0. The van der Waals surface area contributed by atoms with Crippen molar-refractivity contribution in [2.45, 2.75) is 38.9 Å². The Morgan fingerprint density at radius 1 is 1.38 bits per heavy atom. The predicted molar refractivity (Wildman–Crippen MR) is 66.2 cm³/mol. The summed E-state index contributed by atoms with van der Waals surface area (Å²) in [6.07, 6.45) is 0. The first-order valence-corrected chi connectivity index (χ1v) is 6.15. The number of nitrogens with zero attached hydrogens (tertiary/aromatic N) is 3. The van der Waals surface area contributed by atoms with Crippen LogP contribution in [0.4, 0.5) is 0 Å². The van der Waals surface area contributed by atoms with Gasteiger partial charge in [0.05, 0.1) is 6.07 Å². The molecular weight excluding hydrogens is 200 g/mol. The van der Waals surface area contributed by atoms with Gasteiger partial charge in [0.25, 0.3) is 0 Å². The second-order valence-electron chi connectivity index (χ2n) is 4.82. The average molecular weight is 224 g/mol. The Hall–Kier alpha value is -0.630. The summed E-state index contributed by atoms with van der Waals surface area (Å²) in [7, 11) is 2.18. The maximum atomic E-state index is 9.02. The highest BCUT2D eigenvalue weighted by Gasteiger charge is 2.27. The molecule has 0 amide bonds. The van der Waals surface area contributed by atoms with Gasteiger partial charge in [0.1, 0.15) is 6.04 Å². The molecule has 16 heavy (non-hydrogen) atoms. The lowest BCUT2D eigenvalue weighted by atomic mass is 10.1. The van der Waals surface area contributed by atoms with Crippen molar-refractivity contribution in [3.8, 4) is 6.07 Å². The summed E-state index contributed by atoms with van der Waals surface area (Å²) in [6, 6.07) is 3.44. The first-order valence-electron chi connectivity index (χ1n) is 6.15. The van der Waals surface area contributed by atoms with Crippen LogP contribution in [0, 0.1) is 11.3 Å². The summed E-state index contributed by atoms with van der Waals surface area (Å²) >= 11 is 0. The lowest BCUT2D eigenvalue weighted by molar-refractivity contribution is 0.0575. The van der Waals surface area contributed by atoms with E-state index in [1.807, 2.05) is 6.92 Å². The fraction of sp³-hybridized carbons (Fsp3) is 0.917. The van der Waals surface area contributed by atoms with Crippen molar-refractivity contribution in [2.75, 3.05) is 33.2 Å². The highest BCUT2D eigenvalue weighted by atomic mass is 15.3. The summed E-state index contributed by atoms with van der Waals surface area (Å²) in [5, 5.41) is 12.2. The van der Waals surface area contributed by atoms with Gasteiger partial charge in [-0.2, -0.15) is 5.26 Å². The molecule has 1 heterocycles. The minimum Gasteiger partial charge on any atom is -0.301 e. The van der Waals surface area contributed by atoms with Gasteiger partial charge in [0.2, 0.25) is 0 Å². The molecule has 1 N–H and O–H groups in total. The number of likely N-dealkylation sites (N-methyl/N-ethyl adjacent to an activating group) is 2. The fourth-order valence-corrected chi connectivity index (χ4v) is 2.32. The van der Waals surface area contributed by atoms with Gasteiger partial charge in [-0.05, 0) is 27.4 Å². The van der Waals surface area contributed by atoms with Crippen LogP contribution in [0.5, 0.6) is 0 Å². The molecule has 0 aromatic heterocycles. The number of nitrogens with one attached hydrogen (secondary N) is 1.